The molecule has 0 amide bonds. The van der Waals surface area contributed by atoms with Crippen molar-refractivity contribution in [1.29, 1.82) is 0 Å². The molecule has 23 valence electrons. The minimum absolute atomic E-state index is 0. The van der Waals surface area contributed by atoms with Gasteiger partial charge in [0, 0.05) is 38.0 Å². The Morgan fingerprint density at radius 3 is 1.00 bits per heavy atom. The monoisotopic (exact) mass is 299 g/mol. The first-order valence-corrected chi connectivity index (χ1v) is 0. The number of hydrogen-bond donors (Lipinski definition) is 0. The van der Waals surface area contributed by atoms with Gasteiger partial charge in [-0.25, -0.2) is 0 Å². The zero-order chi connectivity index (χ0) is 0. The molecule has 0 aliphatic carbocycles. The SMILES string of the molecule is B.[AlH3].[BaH2].[V].[Zn]. The van der Waals surface area contributed by atoms with E-state index in [-0.39, 0.29) is 113 Å². The molecule has 0 rings (SSSR count). The van der Waals surface area contributed by atoms with Crippen LogP contribution in [-0.2, 0) is 38.0 Å². The molecule has 0 heterocycles. The summed E-state index contributed by atoms with van der Waals surface area (Å²) >= 11 is 0. The van der Waals surface area contributed by atoms with Gasteiger partial charge in [-0.3, -0.25) is 0 Å². The summed E-state index contributed by atoms with van der Waals surface area (Å²) in [6.45, 7) is 0. The van der Waals surface area contributed by atoms with Crippen LogP contribution in [0, 0.1) is 0 Å². The van der Waals surface area contributed by atoms with Crippen LogP contribution in [-0.4, -0.2) is 74.7 Å². The van der Waals surface area contributed by atoms with Gasteiger partial charge in [0.05, 0.1) is 8.41 Å². The largest absolute Gasteiger partial charge is 0 e. The minimum atomic E-state index is 0. The molecule has 0 fully saturated rings. The summed E-state index contributed by atoms with van der Waals surface area (Å²) < 4.78 is 0. The Morgan fingerprint density at radius 2 is 1.00 bits per heavy atom. The zero-order valence-electron chi connectivity index (χ0n) is 1.15. The standard InChI is InChI=1S/Al.BH3.Ba.V.Zn.5H/h;1H3;;;;;;;;. The van der Waals surface area contributed by atoms with E-state index in [1.165, 1.54) is 0 Å². The third-order valence-electron chi connectivity index (χ3n) is 0. The fraction of sp³-hybridized carbons (Fsp3) is 0. The third-order valence-corrected chi connectivity index (χ3v) is 0. The summed E-state index contributed by atoms with van der Waals surface area (Å²) in [5.41, 5.74) is 0. The molecule has 0 unspecified atom stereocenters. The smallest absolute Gasteiger partial charge is 0 e. The van der Waals surface area contributed by atoms with Crippen LogP contribution in [0.5, 0.6) is 0 Å². The van der Waals surface area contributed by atoms with Crippen LogP contribution < -0.4 is 0 Å². The summed E-state index contributed by atoms with van der Waals surface area (Å²) in [4.78, 5) is 0. The Bertz CT molecular complexity index is 11.6. The summed E-state index contributed by atoms with van der Waals surface area (Å²) in [7, 11) is 0. The van der Waals surface area contributed by atoms with Crippen molar-refractivity contribution in [3.05, 3.63) is 0 Å². The van der Waals surface area contributed by atoms with Crippen LogP contribution >= 0.6 is 0 Å². The van der Waals surface area contributed by atoms with E-state index in [1.807, 2.05) is 0 Å². The Morgan fingerprint density at radius 1 is 1.00 bits per heavy atom. The summed E-state index contributed by atoms with van der Waals surface area (Å²) in [6, 6.07) is 0. The Kier molecular flexibility index (Phi) is 210. The molecule has 5 heteroatoms. The van der Waals surface area contributed by atoms with E-state index in [1.54, 1.807) is 0 Å². The summed E-state index contributed by atoms with van der Waals surface area (Å²) in [5, 5.41) is 0. The first kappa shape index (κ1) is 40.0. The van der Waals surface area contributed by atoms with Gasteiger partial charge in [0.25, 0.3) is 0 Å². The van der Waals surface area contributed by atoms with Crippen LogP contribution in [0.3, 0.4) is 0 Å². The van der Waals surface area contributed by atoms with E-state index in [4.69, 9.17) is 0 Å². The average Bonchev–Trinajstić information content (AvgIpc) is 0. The molecule has 0 nitrogen and oxygen atoms in total. The molecule has 1 radical (unpaired) electrons. The quantitative estimate of drug-likeness (QED) is 0.412. The van der Waals surface area contributed by atoms with Crippen LogP contribution in [0.15, 0.2) is 0 Å². The van der Waals surface area contributed by atoms with Crippen molar-refractivity contribution in [2.24, 2.45) is 0 Å². The fourth-order valence-electron chi connectivity index (χ4n) is 0. The topological polar surface area (TPSA) is 0 Å². The first-order chi connectivity index (χ1) is 0. The Balaban J connectivity index is 0. The predicted octanol–water partition coefficient (Wildman–Crippen LogP) is -3.29. The molecule has 0 saturated heterocycles. The molecule has 0 aromatic rings. The summed E-state index contributed by atoms with van der Waals surface area (Å²) in [6.07, 6.45) is 0. The second-order valence-corrected chi connectivity index (χ2v) is 0. The van der Waals surface area contributed by atoms with Crippen LogP contribution in [0.4, 0.5) is 0 Å². The van der Waals surface area contributed by atoms with Crippen molar-refractivity contribution in [2.45, 2.75) is 0 Å². The van der Waals surface area contributed by atoms with E-state index >= 15 is 0 Å². The van der Waals surface area contributed by atoms with Crippen molar-refractivity contribution in [2.75, 3.05) is 0 Å². The van der Waals surface area contributed by atoms with Crippen molar-refractivity contribution >= 4 is 74.7 Å². The van der Waals surface area contributed by atoms with E-state index in [2.05, 4.69) is 0 Å². The Hall–Kier alpha value is 3.38. The predicted molar refractivity (Wildman–Crippen MR) is 28.4 cm³/mol. The zero-order valence-corrected chi connectivity index (χ0v) is 5.52. The molecule has 0 saturated carbocycles. The molecule has 0 bridgehead atoms. The molecular formula is H8AlBBaVZn. The van der Waals surface area contributed by atoms with Crippen LogP contribution in [0.2, 0.25) is 0 Å². The van der Waals surface area contributed by atoms with E-state index in [0.717, 1.165) is 0 Å². The van der Waals surface area contributed by atoms with E-state index in [0.29, 0.717) is 0 Å². The van der Waals surface area contributed by atoms with Gasteiger partial charge < -0.3 is 0 Å². The molecule has 0 spiro atoms. The molecule has 0 aromatic heterocycles. The van der Waals surface area contributed by atoms with Gasteiger partial charge in [-0.15, -0.1) is 0 Å². The molecule has 0 atom stereocenters. The minimum Gasteiger partial charge on any atom is 0 e. The fourth-order valence-corrected chi connectivity index (χ4v) is 0. The van der Waals surface area contributed by atoms with Crippen molar-refractivity contribution in [1.82, 2.24) is 0 Å². The maximum absolute atomic E-state index is 0. The van der Waals surface area contributed by atoms with Gasteiger partial charge >= 0.3 is 48.9 Å². The molecule has 0 aliphatic rings. The molecule has 0 N–H and O–H groups in total. The molecule has 5 heavy (non-hydrogen) atoms. The number of hydrogen-bond acceptors (Lipinski definition) is 0. The van der Waals surface area contributed by atoms with E-state index < -0.39 is 0 Å². The Labute approximate surface area is 110 Å². The van der Waals surface area contributed by atoms with Crippen molar-refractivity contribution < 1.29 is 38.0 Å². The maximum Gasteiger partial charge on any atom is 0 e. The molecule has 0 aromatic carbocycles. The van der Waals surface area contributed by atoms with Gasteiger partial charge in [-0.1, -0.05) is 0 Å². The second kappa shape index (κ2) is 26.3. The van der Waals surface area contributed by atoms with Gasteiger partial charge in [0.1, 0.15) is 0 Å². The van der Waals surface area contributed by atoms with Crippen LogP contribution in [0.25, 0.3) is 0 Å². The van der Waals surface area contributed by atoms with Gasteiger partial charge in [0.15, 0.2) is 17.4 Å². The van der Waals surface area contributed by atoms with Crippen molar-refractivity contribution in [3.63, 3.8) is 0 Å². The molecule has 0 aliphatic heterocycles. The third kappa shape index (κ3) is 18.7. The van der Waals surface area contributed by atoms with Gasteiger partial charge in [0.2, 0.25) is 0 Å². The maximum atomic E-state index is 0. The number of rotatable bonds is 0. The van der Waals surface area contributed by atoms with Crippen molar-refractivity contribution in [3.8, 4) is 0 Å². The first-order valence-electron chi connectivity index (χ1n) is 0. The second-order valence-electron chi connectivity index (χ2n) is 0. The van der Waals surface area contributed by atoms with Crippen LogP contribution in [0.1, 0.15) is 0 Å². The van der Waals surface area contributed by atoms with Gasteiger partial charge in [-0.2, -0.15) is 0 Å². The normalized spacial score (nSPS) is 0. The molecular weight excluding hydrogens is 291 g/mol. The average molecular weight is 300 g/mol. The van der Waals surface area contributed by atoms with Gasteiger partial charge in [-0.05, 0) is 0 Å². The summed E-state index contributed by atoms with van der Waals surface area (Å²) in [5.74, 6) is 0. The van der Waals surface area contributed by atoms with E-state index in [9.17, 15) is 0 Å².